The van der Waals surface area contributed by atoms with Crippen molar-refractivity contribution in [2.24, 2.45) is 0 Å². The van der Waals surface area contributed by atoms with Crippen molar-refractivity contribution in [1.82, 2.24) is 15.6 Å². The van der Waals surface area contributed by atoms with Crippen LogP contribution in [0.3, 0.4) is 0 Å². The van der Waals surface area contributed by atoms with E-state index in [4.69, 9.17) is 14.6 Å². The summed E-state index contributed by atoms with van der Waals surface area (Å²) in [6.07, 6.45) is 0.544. The van der Waals surface area contributed by atoms with Crippen molar-refractivity contribution < 1.29 is 33.8 Å². The van der Waals surface area contributed by atoms with Gasteiger partial charge in [0.1, 0.15) is 23.3 Å². The number of carbonyl (C=O) groups excluding carboxylic acids is 3. The lowest BCUT2D eigenvalue weighted by Crippen LogP contribution is -2.54. The molecule has 4 N–H and O–H groups in total. The molecule has 0 aliphatic carbocycles. The van der Waals surface area contributed by atoms with Crippen LogP contribution >= 0.6 is 0 Å². The topological polar surface area (TPSA) is 147 Å². The van der Waals surface area contributed by atoms with E-state index in [1.54, 1.807) is 47.7 Å². The summed E-state index contributed by atoms with van der Waals surface area (Å²) in [5.41, 5.74) is 0.0247. The summed E-state index contributed by atoms with van der Waals surface area (Å²) < 4.78 is 10.7. The molecular formula is C25H35N3O7. The number of aromatic nitrogens is 1. The van der Waals surface area contributed by atoms with Crippen LogP contribution in [0, 0.1) is 0 Å². The van der Waals surface area contributed by atoms with Gasteiger partial charge in [0.2, 0.25) is 5.91 Å². The van der Waals surface area contributed by atoms with Crippen LogP contribution in [-0.2, 0) is 30.3 Å². The highest BCUT2D eigenvalue weighted by molar-refractivity contribution is 5.91. The molecule has 2 aromatic rings. The molecule has 10 nitrogen and oxygen atoms in total. The zero-order valence-corrected chi connectivity index (χ0v) is 21.1. The number of hydrogen-bond donors (Lipinski definition) is 4. The molecule has 2 amide bonds. The molecule has 10 heteroatoms. The molecule has 0 saturated heterocycles. The second-order valence-corrected chi connectivity index (χ2v) is 10.3. The van der Waals surface area contributed by atoms with Crippen molar-refractivity contribution in [2.75, 3.05) is 0 Å². The zero-order chi connectivity index (χ0) is 26.4. The van der Waals surface area contributed by atoms with E-state index in [1.165, 1.54) is 0 Å². The number of esters is 1. The lowest BCUT2D eigenvalue weighted by atomic mass is 10.0. The van der Waals surface area contributed by atoms with E-state index in [2.05, 4.69) is 15.6 Å². The lowest BCUT2D eigenvalue weighted by molar-refractivity contribution is -0.159. The Morgan fingerprint density at radius 2 is 1.57 bits per heavy atom. The van der Waals surface area contributed by atoms with Gasteiger partial charge in [-0.3, -0.25) is 9.59 Å². The van der Waals surface area contributed by atoms with Crippen molar-refractivity contribution >= 4 is 34.8 Å². The number of ether oxygens (including phenoxy) is 2. The Kier molecular flexibility index (Phi) is 8.89. The Labute approximate surface area is 204 Å². The average molecular weight is 490 g/mol. The van der Waals surface area contributed by atoms with Crippen LogP contribution in [0.5, 0.6) is 0 Å². The van der Waals surface area contributed by atoms with E-state index >= 15 is 0 Å². The first kappa shape index (κ1) is 27.7. The highest BCUT2D eigenvalue weighted by Gasteiger charge is 2.31. The van der Waals surface area contributed by atoms with E-state index in [0.717, 1.165) is 16.5 Å². The number of para-hydroxylation sites is 1. The second-order valence-electron chi connectivity index (χ2n) is 10.3. The molecule has 1 aromatic heterocycles. The molecular weight excluding hydrogens is 454 g/mol. The van der Waals surface area contributed by atoms with Gasteiger partial charge in [-0.05, 0) is 59.6 Å². The SMILES string of the molecule is CC(C)(C)OC(=O)N[C@H](Cc1c[nH]c2ccccc12)C(=O)N[C@H](CCC(=O)O)C(=O)OC(C)(C)C. The number of H-pyrrole nitrogens is 1. The van der Waals surface area contributed by atoms with E-state index in [-0.39, 0.29) is 19.3 Å². The largest absolute Gasteiger partial charge is 0.481 e. The molecule has 0 unspecified atom stereocenters. The Morgan fingerprint density at radius 3 is 2.17 bits per heavy atom. The van der Waals surface area contributed by atoms with Gasteiger partial charge in [0, 0.05) is 29.9 Å². The van der Waals surface area contributed by atoms with Crippen molar-refractivity contribution in [1.29, 1.82) is 0 Å². The van der Waals surface area contributed by atoms with Gasteiger partial charge >= 0.3 is 18.0 Å². The van der Waals surface area contributed by atoms with Crippen molar-refractivity contribution in [3.63, 3.8) is 0 Å². The van der Waals surface area contributed by atoms with E-state index in [0.29, 0.717) is 0 Å². The predicted molar refractivity (Wildman–Crippen MR) is 130 cm³/mol. The number of alkyl carbamates (subject to hydrolysis) is 1. The smallest absolute Gasteiger partial charge is 0.408 e. The molecule has 35 heavy (non-hydrogen) atoms. The van der Waals surface area contributed by atoms with E-state index in [9.17, 15) is 19.2 Å². The highest BCUT2D eigenvalue weighted by atomic mass is 16.6. The Bertz CT molecular complexity index is 1060. The van der Waals surface area contributed by atoms with Gasteiger partial charge in [-0.2, -0.15) is 0 Å². The first-order valence-corrected chi connectivity index (χ1v) is 11.4. The fourth-order valence-corrected chi connectivity index (χ4v) is 3.34. The maximum atomic E-state index is 13.3. The molecule has 0 fully saturated rings. The maximum absolute atomic E-state index is 13.3. The standard InChI is InChI=1S/C25H35N3O7/c1-24(2,3)34-22(32)18(11-12-20(29)30)27-21(31)19(28-23(33)35-25(4,5)6)13-15-14-26-17-10-8-7-9-16(15)17/h7-10,14,18-19,26H,11-13H2,1-6H3,(H,27,31)(H,28,33)(H,29,30)/t18-,19-/m1/s1. The fraction of sp³-hybridized carbons (Fsp3) is 0.520. The fourth-order valence-electron chi connectivity index (χ4n) is 3.34. The van der Waals surface area contributed by atoms with Crippen LogP contribution in [0.1, 0.15) is 59.9 Å². The van der Waals surface area contributed by atoms with Crippen LogP contribution < -0.4 is 10.6 Å². The average Bonchev–Trinajstić information content (AvgIpc) is 3.10. The molecule has 0 bridgehead atoms. The number of carboxylic acid groups (broad SMARTS) is 1. The van der Waals surface area contributed by atoms with Gasteiger partial charge < -0.3 is 30.2 Å². The minimum absolute atomic E-state index is 0.106. The zero-order valence-electron chi connectivity index (χ0n) is 21.1. The molecule has 2 rings (SSSR count). The van der Waals surface area contributed by atoms with Gasteiger partial charge in [0.25, 0.3) is 0 Å². The molecule has 192 valence electrons. The summed E-state index contributed by atoms with van der Waals surface area (Å²) in [5.74, 6) is -2.53. The summed E-state index contributed by atoms with van der Waals surface area (Å²) >= 11 is 0. The first-order valence-electron chi connectivity index (χ1n) is 11.4. The minimum Gasteiger partial charge on any atom is -0.481 e. The number of benzene rings is 1. The number of carboxylic acids is 1. The number of carbonyl (C=O) groups is 4. The molecule has 0 saturated carbocycles. The van der Waals surface area contributed by atoms with Crippen LogP contribution in [0.2, 0.25) is 0 Å². The van der Waals surface area contributed by atoms with Crippen LogP contribution in [0.4, 0.5) is 4.79 Å². The van der Waals surface area contributed by atoms with Crippen molar-refractivity contribution in [3.8, 4) is 0 Å². The second kappa shape index (κ2) is 11.2. The molecule has 1 aromatic carbocycles. The Hall–Kier alpha value is -3.56. The van der Waals surface area contributed by atoms with E-state index in [1.807, 2.05) is 24.3 Å². The predicted octanol–water partition coefficient (Wildman–Crippen LogP) is 3.30. The number of amides is 2. The van der Waals surface area contributed by atoms with Crippen molar-refractivity contribution in [3.05, 3.63) is 36.0 Å². The lowest BCUT2D eigenvalue weighted by Gasteiger charge is -2.27. The molecule has 0 spiro atoms. The molecule has 0 radical (unpaired) electrons. The van der Waals surface area contributed by atoms with Crippen molar-refractivity contribution in [2.45, 2.75) is 84.1 Å². The number of aliphatic carboxylic acids is 1. The Morgan fingerprint density at radius 1 is 0.943 bits per heavy atom. The van der Waals surface area contributed by atoms with Gasteiger partial charge in [0.15, 0.2) is 0 Å². The van der Waals surface area contributed by atoms with Gasteiger partial charge in [0.05, 0.1) is 0 Å². The van der Waals surface area contributed by atoms with Gasteiger partial charge in [-0.15, -0.1) is 0 Å². The van der Waals surface area contributed by atoms with Crippen LogP contribution in [0.15, 0.2) is 30.5 Å². The third-order valence-corrected chi connectivity index (χ3v) is 4.76. The summed E-state index contributed by atoms with van der Waals surface area (Å²) in [7, 11) is 0. The highest BCUT2D eigenvalue weighted by Crippen LogP contribution is 2.20. The number of fused-ring (bicyclic) bond motifs is 1. The number of hydrogen-bond acceptors (Lipinski definition) is 6. The summed E-state index contributed by atoms with van der Waals surface area (Å²) in [4.78, 5) is 52.7. The molecule has 0 aliphatic rings. The van der Waals surface area contributed by atoms with Gasteiger partial charge in [-0.25, -0.2) is 9.59 Å². The number of nitrogens with one attached hydrogen (secondary N) is 3. The Balaban J connectivity index is 2.28. The number of rotatable bonds is 9. The molecule has 2 atom stereocenters. The quantitative estimate of drug-likeness (QED) is 0.395. The summed E-state index contributed by atoms with van der Waals surface area (Å²) in [5, 5.41) is 15.1. The molecule has 1 heterocycles. The third-order valence-electron chi connectivity index (χ3n) is 4.76. The normalized spacial score (nSPS) is 13.5. The monoisotopic (exact) mass is 489 g/mol. The van der Waals surface area contributed by atoms with Gasteiger partial charge in [-0.1, -0.05) is 18.2 Å². The first-order chi connectivity index (χ1) is 16.1. The van der Waals surface area contributed by atoms with Crippen LogP contribution in [-0.4, -0.2) is 57.3 Å². The molecule has 0 aliphatic heterocycles. The minimum atomic E-state index is -1.20. The summed E-state index contributed by atoms with van der Waals surface area (Å²) in [6.45, 7) is 10.1. The third kappa shape index (κ3) is 9.30. The van der Waals surface area contributed by atoms with E-state index < -0.39 is 47.2 Å². The maximum Gasteiger partial charge on any atom is 0.408 e. The van der Waals surface area contributed by atoms with Crippen LogP contribution in [0.25, 0.3) is 10.9 Å². The number of aromatic amines is 1. The summed E-state index contributed by atoms with van der Waals surface area (Å²) in [6, 6.07) is 5.21.